The van der Waals surface area contributed by atoms with E-state index in [-0.39, 0.29) is 17.9 Å². The first-order valence-electron chi connectivity index (χ1n) is 9.80. The zero-order valence-corrected chi connectivity index (χ0v) is 15.5. The predicted octanol–water partition coefficient (Wildman–Crippen LogP) is 0.936. The average Bonchev–Trinajstić information content (AvgIpc) is 3.30. The summed E-state index contributed by atoms with van der Waals surface area (Å²) in [6.07, 6.45) is 5.05. The van der Waals surface area contributed by atoms with E-state index in [1.54, 1.807) is 6.20 Å². The van der Waals surface area contributed by atoms with E-state index in [9.17, 15) is 9.59 Å². The van der Waals surface area contributed by atoms with Gasteiger partial charge in [-0.25, -0.2) is 4.98 Å². The van der Waals surface area contributed by atoms with Gasteiger partial charge in [-0.15, -0.1) is 0 Å². The van der Waals surface area contributed by atoms with Gasteiger partial charge in [0.1, 0.15) is 11.9 Å². The van der Waals surface area contributed by atoms with Crippen LogP contribution in [0.5, 0.6) is 0 Å². The molecule has 3 aliphatic rings. The molecule has 9 heteroatoms. The van der Waals surface area contributed by atoms with Crippen molar-refractivity contribution in [2.45, 2.75) is 37.6 Å². The highest BCUT2D eigenvalue weighted by atomic mass is 16.5. The van der Waals surface area contributed by atoms with Crippen molar-refractivity contribution in [1.29, 1.82) is 0 Å². The van der Waals surface area contributed by atoms with Crippen molar-refractivity contribution in [3.8, 4) is 11.4 Å². The summed E-state index contributed by atoms with van der Waals surface area (Å²) >= 11 is 0. The molecular weight excluding hydrogens is 360 g/mol. The quantitative estimate of drug-likeness (QED) is 0.839. The highest BCUT2D eigenvalue weighted by Crippen LogP contribution is 2.39. The Morgan fingerprint density at radius 2 is 1.96 bits per heavy atom. The third-order valence-electron chi connectivity index (χ3n) is 5.58. The number of piperazine rings is 1. The summed E-state index contributed by atoms with van der Waals surface area (Å²) in [4.78, 5) is 36.8. The number of aromatic nitrogens is 3. The molecule has 0 spiro atoms. The van der Waals surface area contributed by atoms with Crippen LogP contribution in [0.15, 0.2) is 22.9 Å². The van der Waals surface area contributed by atoms with Gasteiger partial charge in [-0.05, 0) is 31.4 Å². The minimum atomic E-state index is -0.355. The average molecular weight is 382 g/mol. The predicted molar refractivity (Wildman–Crippen MR) is 99.5 cm³/mol. The van der Waals surface area contributed by atoms with E-state index in [2.05, 4.69) is 25.3 Å². The topological polar surface area (TPSA) is 104 Å². The van der Waals surface area contributed by atoms with Crippen molar-refractivity contribution in [3.05, 3.63) is 24.2 Å². The minimum Gasteiger partial charge on any atom is -0.353 e. The molecule has 1 saturated carbocycles. The number of pyridine rings is 1. The first kappa shape index (κ1) is 17.2. The molecule has 0 aromatic carbocycles. The Morgan fingerprint density at radius 3 is 2.61 bits per heavy atom. The van der Waals surface area contributed by atoms with Gasteiger partial charge in [0.25, 0.3) is 0 Å². The molecule has 9 nitrogen and oxygen atoms in total. The maximum atomic E-state index is 12.5. The zero-order chi connectivity index (χ0) is 19.1. The first-order valence-corrected chi connectivity index (χ1v) is 9.80. The van der Waals surface area contributed by atoms with Crippen LogP contribution in [0.1, 0.15) is 37.5 Å². The number of nitrogens with one attached hydrogen (secondary N) is 1. The SMILES string of the molecule is O=C1CCC(C(=O)N2CCN(c3ccc(-c4noc(C5CC5)n4)cn3)CC2)N1. The summed E-state index contributed by atoms with van der Waals surface area (Å²) in [7, 11) is 0. The van der Waals surface area contributed by atoms with E-state index in [1.807, 2.05) is 17.0 Å². The minimum absolute atomic E-state index is 0.0254. The second-order valence-corrected chi connectivity index (χ2v) is 7.61. The zero-order valence-electron chi connectivity index (χ0n) is 15.5. The van der Waals surface area contributed by atoms with E-state index < -0.39 is 0 Å². The number of amides is 2. The van der Waals surface area contributed by atoms with Gasteiger partial charge in [0, 0.05) is 50.3 Å². The number of carbonyl (C=O) groups excluding carboxylic acids is 2. The van der Waals surface area contributed by atoms with Crippen molar-refractivity contribution in [3.63, 3.8) is 0 Å². The van der Waals surface area contributed by atoms with Gasteiger partial charge in [-0.3, -0.25) is 9.59 Å². The van der Waals surface area contributed by atoms with E-state index in [1.165, 1.54) is 0 Å². The van der Waals surface area contributed by atoms with Crippen LogP contribution in [0.2, 0.25) is 0 Å². The van der Waals surface area contributed by atoms with Crippen LogP contribution < -0.4 is 10.2 Å². The van der Waals surface area contributed by atoms with Crippen LogP contribution in [-0.2, 0) is 9.59 Å². The Balaban J connectivity index is 1.19. The Kier molecular flexibility index (Phi) is 4.22. The summed E-state index contributed by atoms with van der Waals surface area (Å²) in [5.41, 5.74) is 0.838. The molecule has 0 radical (unpaired) electrons. The summed E-state index contributed by atoms with van der Waals surface area (Å²) in [6, 6.07) is 3.55. The maximum Gasteiger partial charge on any atom is 0.245 e. The van der Waals surface area contributed by atoms with E-state index in [4.69, 9.17) is 4.52 Å². The summed E-state index contributed by atoms with van der Waals surface area (Å²) in [6.45, 7) is 2.69. The number of carbonyl (C=O) groups is 2. The molecule has 4 heterocycles. The Bertz CT molecular complexity index is 883. The number of anilines is 1. The molecule has 3 fully saturated rings. The Labute approximate surface area is 162 Å². The van der Waals surface area contributed by atoms with Crippen molar-refractivity contribution < 1.29 is 14.1 Å². The molecule has 2 aliphatic heterocycles. The van der Waals surface area contributed by atoms with Crippen molar-refractivity contribution in [1.82, 2.24) is 25.3 Å². The fourth-order valence-corrected chi connectivity index (χ4v) is 3.73. The van der Waals surface area contributed by atoms with Crippen LogP contribution in [0.4, 0.5) is 5.82 Å². The third kappa shape index (κ3) is 3.32. The first-order chi connectivity index (χ1) is 13.7. The number of nitrogens with zero attached hydrogens (tertiary/aromatic N) is 5. The molecule has 2 aromatic rings. The highest BCUT2D eigenvalue weighted by molar-refractivity contribution is 5.90. The van der Waals surface area contributed by atoms with E-state index in [0.29, 0.717) is 50.8 Å². The second-order valence-electron chi connectivity index (χ2n) is 7.61. The Hall–Kier alpha value is -2.97. The lowest BCUT2D eigenvalue weighted by molar-refractivity contribution is -0.134. The normalized spacial score (nSPS) is 22.4. The lowest BCUT2D eigenvalue weighted by atomic mass is 10.2. The van der Waals surface area contributed by atoms with Gasteiger partial charge in [0.05, 0.1) is 0 Å². The van der Waals surface area contributed by atoms with Crippen LogP contribution >= 0.6 is 0 Å². The lowest BCUT2D eigenvalue weighted by Crippen LogP contribution is -2.53. The largest absolute Gasteiger partial charge is 0.353 e. The van der Waals surface area contributed by atoms with Crippen molar-refractivity contribution in [2.24, 2.45) is 0 Å². The van der Waals surface area contributed by atoms with Gasteiger partial charge in [0.15, 0.2) is 0 Å². The molecule has 146 valence electrons. The molecule has 28 heavy (non-hydrogen) atoms. The fourth-order valence-electron chi connectivity index (χ4n) is 3.73. The fraction of sp³-hybridized carbons (Fsp3) is 0.526. The maximum absolute atomic E-state index is 12.5. The molecule has 1 atom stereocenters. The highest BCUT2D eigenvalue weighted by Gasteiger charge is 2.32. The van der Waals surface area contributed by atoms with E-state index >= 15 is 0 Å². The molecule has 5 rings (SSSR count). The monoisotopic (exact) mass is 382 g/mol. The van der Waals surface area contributed by atoms with Gasteiger partial charge < -0.3 is 19.6 Å². The van der Waals surface area contributed by atoms with Crippen LogP contribution in [0.25, 0.3) is 11.4 Å². The number of hydrogen-bond donors (Lipinski definition) is 1. The van der Waals surface area contributed by atoms with Crippen molar-refractivity contribution in [2.75, 3.05) is 31.1 Å². The number of rotatable bonds is 4. The lowest BCUT2D eigenvalue weighted by Gasteiger charge is -2.36. The van der Waals surface area contributed by atoms with Crippen LogP contribution in [-0.4, -0.2) is 64.1 Å². The van der Waals surface area contributed by atoms with E-state index in [0.717, 1.165) is 30.1 Å². The van der Waals surface area contributed by atoms with Crippen molar-refractivity contribution >= 4 is 17.6 Å². The summed E-state index contributed by atoms with van der Waals surface area (Å²) in [5.74, 6) is 2.60. The molecule has 0 bridgehead atoms. The van der Waals surface area contributed by atoms with Gasteiger partial charge in [-0.1, -0.05) is 5.16 Å². The second kappa shape index (κ2) is 6.88. The molecule has 2 amide bonds. The molecule has 2 aromatic heterocycles. The number of hydrogen-bond acceptors (Lipinski definition) is 7. The molecule has 1 aliphatic carbocycles. The molecular formula is C19H22N6O3. The van der Waals surface area contributed by atoms with Gasteiger partial charge in [-0.2, -0.15) is 4.98 Å². The smallest absolute Gasteiger partial charge is 0.245 e. The van der Waals surface area contributed by atoms with Crippen LogP contribution in [0, 0.1) is 0 Å². The third-order valence-corrected chi connectivity index (χ3v) is 5.58. The van der Waals surface area contributed by atoms with Gasteiger partial charge >= 0.3 is 0 Å². The summed E-state index contributed by atoms with van der Waals surface area (Å²) < 4.78 is 5.31. The summed E-state index contributed by atoms with van der Waals surface area (Å²) in [5, 5.41) is 6.80. The van der Waals surface area contributed by atoms with Crippen LogP contribution in [0.3, 0.4) is 0 Å². The standard InChI is InChI=1S/C19H22N6O3/c26-16-6-4-14(21-16)19(27)25-9-7-24(8-10-25)15-5-3-13(11-20-15)17-22-18(28-23-17)12-1-2-12/h3,5,11-12,14H,1-2,4,6-10H2,(H,21,26). The molecule has 1 N–H and O–H groups in total. The Morgan fingerprint density at radius 1 is 1.14 bits per heavy atom. The molecule has 1 unspecified atom stereocenters. The van der Waals surface area contributed by atoms with Gasteiger partial charge in [0.2, 0.25) is 23.5 Å². The molecule has 2 saturated heterocycles.